The second-order valence-corrected chi connectivity index (χ2v) is 8.28. The molecule has 0 aliphatic carbocycles. The number of aromatic nitrogens is 3. The Morgan fingerprint density at radius 1 is 1.26 bits per heavy atom. The molecule has 140 valence electrons. The molecule has 1 amide bonds. The zero-order valence-corrected chi connectivity index (χ0v) is 16.3. The maximum Gasteiger partial charge on any atom is 0.305 e. The van der Waals surface area contributed by atoms with E-state index in [0.717, 1.165) is 41.5 Å². The maximum atomic E-state index is 12.2. The van der Waals surface area contributed by atoms with E-state index in [4.69, 9.17) is 4.52 Å². The van der Waals surface area contributed by atoms with E-state index in [2.05, 4.69) is 20.6 Å². The Bertz CT molecular complexity index is 890. The Morgan fingerprint density at radius 3 is 2.89 bits per heavy atom. The van der Waals surface area contributed by atoms with Gasteiger partial charge >= 0.3 is 5.88 Å². The van der Waals surface area contributed by atoms with Gasteiger partial charge in [-0.2, -0.15) is 5.01 Å². The SMILES string of the molecule is O=C(CSc1nc(-c2ccccc2)cs1)Nc1c[n+](N2CCCCC2)no1. The van der Waals surface area contributed by atoms with E-state index in [1.54, 1.807) is 22.3 Å². The van der Waals surface area contributed by atoms with Crippen LogP contribution in [0.1, 0.15) is 19.3 Å². The number of thioether (sulfide) groups is 1. The van der Waals surface area contributed by atoms with Crippen LogP contribution in [0, 0.1) is 0 Å². The summed E-state index contributed by atoms with van der Waals surface area (Å²) in [5.74, 6) is 0.486. The van der Waals surface area contributed by atoms with E-state index in [9.17, 15) is 4.79 Å². The van der Waals surface area contributed by atoms with Crippen molar-refractivity contribution in [3.63, 3.8) is 0 Å². The molecule has 1 saturated heterocycles. The van der Waals surface area contributed by atoms with Crippen molar-refractivity contribution >= 4 is 34.9 Å². The zero-order valence-electron chi connectivity index (χ0n) is 14.7. The molecule has 0 radical (unpaired) electrons. The highest BCUT2D eigenvalue weighted by Crippen LogP contribution is 2.28. The van der Waals surface area contributed by atoms with Gasteiger partial charge in [0.2, 0.25) is 11.2 Å². The van der Waals surface area contributed by atoms with Crippen LogP contribution in [-0.2, 0) is 4.79 Å². The molecule has 4 rings (SSSR count). The molecular formula is C18H20N5O2S2+. The highest BCUT2D eigenvalue weighted by Gasteiger charge is 2.23. The molecule has 1 aliphatic rings. The molecule has 9 heteroatoms. The van der Waals surface area contributed by atoms with E-state index >= 15 is 0 Å². The zero-order chi connectivity index (χ0) is 18.5. The first-order valence-electron chi connectivity index (χ1n) is 8.85. The van der Waals surface area contributed by atoms with Gasteiger partial charge in [-0.15, -0.1) is 11.3 Å². The van der Waals surface area contributed by atoms with Gasteiger partial charge < -0.3 is 0 Å². The van der Waals surface area contributed by atoms with Gasteiger partial charge in [0.05, 0.1) is 29.3 Å². The van der Waals surface area contributed by atoms with Gasteiger partial charge in [-0.25, -0.2) is 4.98 Å². The van der Waals surface area contributed by atoms with Crippen LogP contribution >= 0.6 is 23.1 Å². The summed E-state index contributed by atoms with van der Waals surface area (Å²) in [6.07, 6.45) is 5.26. The number of amides is 1. The molecule has 0 bridgehead atoms. The molecule has 3 heterocycles. The third kappa shape index (κ3) is 4.67. The third-order valence-electron chi connectivity index (χ3n) is 4.22. The quantitative estimate of drug-likeness (QED) is 0.505. The second kappa shape index (κ2) is 8.53. The van der Waals surface area contributed by atoms with Crippen LogP contribution in [0.15, 0.2) is 50.8 Å². The van der Waals surface area contributed by atoms with Gasteiger partial charge in [0.15, 0.2) is 4.34 Å². The number of anilines is 1. The Labute approximate surface area is 165 Å². The number of hydrogen-bond acceptors (Lipinski definition) is 7. The molecule has 2 aromatic heterocycles. The highest BCUT2D eigenvalue weighted by atomic mass is 32.2. The van der Waals surface area contributed by atoms with E-state index in [-0.39, 0.29) is 11.7 Å². The molecule has 0 saturated carbocycles. The van der Waals surface area contributed by atoms with E-state index in [1.165, 1.54) is 18.2 Å². The Balaban J connectivity index is 1.29. The van der Waals surface area contributed by atoms with Crippen LogP contribution in [0.2, 0.25) is 0 Å². The number of nitrogens with zero attached hydrogens (tertiary/aromatic N) is 4. The van der Waals surface area contributed by atoms with Gasteiger partial charge in [0.1, 0.15) is 0 Å². The van der Waals surface area contributed by atoms with Crippen molar-refractivity contribution in [1.82, 2.24) is 10.3 Å². The van der Waals surface area contributed by atoms with Crippen LogP contribution in [0.25, 0.3) is 11.3 Å². The summed E-state index contributed by atoms with van der Waals surface area (Å²) in [5.41, 5.74) is 2.01. The number of carbonyl (C=O) groups excluding carboxylic acids is 1. The molecule has 0 spiro atoms. The maximum absolute atomic E-state index is 12.2. The number of thiazole rings is 1. The molecule has 7 nitrogen and oxygen atoms in total. The average molecular weight is 403 g/mol. The topological polar surface area (TPSA) is 75.1 Å². The minimum Gasteiger partial charge on any atom is -0.288 e. The van der Waals surface area contributed by atoms with Crippen LogP contribution in [0.5, 0.6) is 0 Å². The summed E-state index contributed by atoms with van der Waals surface area (Å²) in [6, 6.07) is 10.0. The molecule has 3 aromatic rings. The molecule has 27 heavy (non-hydrogen) atoms. The number of hydrogen-bond donors (Lipinski definition) is 1. The lowest BCUT2D eigenvalue weighted by Gasteiger charge is -2.17. The standard InChI is InChI=1S/C18H19N5O2S2/c24-16(20-17-11-23(21-25-17)22-9-5-2-6-10-22)13-27-18-19-15(12-26-18)14-7-3-1-4-8-14/h1,3-4,7-8,11-12H,2,5-6,9-10,13H2/p+1. The fourth-order valence-electron chi connectivity index (χ4n) is 2.87. The van der Waals surface area contributed by atoms with E-state index < -0.39 is 0 Å². The summed E-state index contributed by atoms with van der Waals surface area (Å²) >= 11 is 2.96. The van der Waals surface area contributed by atoms with Crippen molar-refractivity contribution < 1.29 is 14.1 Å². The number of carbonyl (C=O) groups is 1. The van der Waals surface area contributed by atoms with Crippen molar-refractivity contribution in [2.45, 2.75) is 23.6 Å². The van der Waals surface area contributed by atoms with E-state index in [0.29, 0.717) is 5.88 Å². The highest BCUT2D eigenvalue weighted by molar-refractivity contribution is 8.01. The summed E-state index contributed by atoms with van der Waals surface area (Å²) in [4.78, 5) is 18.4. The smallest absolute Gasteiger partial charge is 0.288 e. The normalized spacial score (nSPS) is 14.3. The molecule has 1 N–H and O–H groups in total. The molecule has 1 aromatic carbocycles. The molecule has 0 unspecified atom stereocenters. The lowest BCUT2D eigenvalue weighted by atomic mass is 10.2. The van der Waals surface area contributed by atoms with Crippen molar-refractivity contribution in [2.75, 3.05) is 29.2 Å². The second-order valence-electron chi connectivity index (χ2n) is 6.20. The fourth-order valence-corrected chi connectivity index (χ4v) is 4.51. The first kappa shape index (κ1) is 18.0. The van der Waals surface area contributed by atoms with Crippen molar-refractivity contribution in [3.8, 4) is 11.3 Å². The van der Waals surface area contributed by atoms with Gasteiger partial charge in [-0.1, -0.05) is 42.1 Å². The lowest BCUT2D eigenvalue weighted by Crippen LogP contribution is -2.60. The van der Waals surface area contributed by atoms with Gasteiger partial charge in [-0.05, 0) is 19.3 Å². The molecule has 1 fully saturated rings. The van der Waals surface area contributed by atoms with Crippen molar-refractivity contribution in [1.29, 1.82) is 0 Å². The number of rotatable bonds is 6. The summed E-state index contributed by atoms with van der Waals surface area (Å²) in [6.45, 7) is 1.91. The molecular weight excluding hydrogens is 382 g/mol. The minimum atomic E-state index is -0.140. The Morgan fingerprint density at radius 2 is 2.07 bits per heavy atom. The van der Waals surface area contributed by atoms with Crippen LogP contribution in [-0.4, -0.2) is 35.0 Å². The monoisotopic (exact) mass is 402 g/mol. The van der Waals surface area contributed by atoms with Crippen molar-refractivity contribution in [2.24, 2.45) is 0 Å². The van der Waals surface area contributed by atoms with Gasteiger partial charge in [0, 0.05) is 10.9 Å². The number of piperidine rings is 1. The first-order chi connectivity index (χ1) is 13.3. The molecule has 1 aliphatic heterocycles. The fraction of sp³-hybridized carbons (Fsp3) is 0.333. The Kier molecular flexibility index (Phi) is 5.69. The van der Waals surface area contributed by atoms with Crippen molar-refractivity contribution in [3.05, 3.63) is 41.9 Å². The van der Waals surface area contributed by atoms with Crippen LogP contribution in [0.4, 0.5) is 5.88 Å². The largest absolute Gasteiger partial charge is 0.305 e. The first-order valence-corrected chi connectivity index (χ1v) is 10.7. The minimum absolute atomic E-state index is 0.140. The summed E-state index contributed by atoms with van der Waals surface area (Å²) < 4.78 is 6.09. The third-order valence-corrected chi connectivity index (χ3v) is 6.24. The predicted molar refractivity (Wildman–Crippen MR) is 105 cm³/mol. The van der Waals surface area contributed by atoms with Crippen LogP contribution < -0.4 is 15.1 Å². The summed E-state index contributed by atoms with van der Waals surface area (Å²) in [7, 11) is 0. The summed E-state index contributed by atoms with van der Waals surface area (Å²) in [5, 5.41) is 10.9. The van der Waals surface area contributed by atoms with Gasteiger partial charge in [0.25, 0.3) is 6.20 Å². The van der Waals surface area contributed by atoms with Crippen LogP contribution in [0.3, 0.4) is 0 Å². The Hall–Kier alpha value is -2.39. The molecule has 0 atom stereocenters. The van der Waals surface area contributed by atoms with Gasteiger partial charge in [-0.3, -0.25) is 14.6 Å². The number of nitrogens with one attached hydrogen (secondary N) is 1. The van der Waals surface area contributed by atoms with E-state index in [1.807, 2.05) is 35.7 Å². The predicted octanol–water partition coefficient (Wildman–Crippen LogP) is 2.94. The number of benzene rings is 1. The average Bonchev–Trinajstić information content (AvgIpc) is 3.37. The lowest BCUT2D eigenvalue weighted by molar-refractivity contribution is -0.759.